The van der Waals surface area contributed by atoms with Crippen LogP contribution in [-0.2, 0) is 11.2 Å². The van der Waals surface area contributed by atoms with Crippen LogP contribution in [0, 0.1) is 6.92 Å². The van der Waals surface area contributed by atoms with Crippen LogP contribution in [0.2, 0.25) is 0 Å². The number of aromatic nitrogens is 2. The summed E-state index contributed by atoms with van der Waals surface area (Å²) < 4.78 is 0. The monoisotopic (exact) mass is 344 g/mol. The highest BCUT2D eigenvalue weighted by Crippen LogP contribution is 2.23. The molecule has 6 heteroatoms. The van der Waals surface area contributed by atoms with Gasteiger partial charge in [0.05, 0.1) is 23.2 Å². The molecule has 2 aromatic heterocycles. The molecule has 1 unspecified atom stereocenters. The molecule has 128 valence electrons. The molecule has 5 nitrogen and oxygen atoms in total. The molecule has 0 spiro atoms. The van der Waals surface area contributed by atoms with Crippen LogP contribution in [0.5, 0.6) is 0 Å². The summed E-state index contributed by atoms with van der Waals surface area (Å²) in [6.07, 6.45) is 7.80. The minimum absolute atomic E-state index is 0.0335. The van der Waals surface area contributed by atoms with E-state index in [1.807, 2.05) is 24.6 Å². The summed E-state index contributed by atoms with van der Waals surface area (Å²) in [6.45, 7) is 4.75. The van der Waals surface area contributed by atoms with Gasteiger partial charge in [0.1, 0.15) is 0 Å². The number of nitrogens with zero attached hydrogens (tertiary/aromatic N) is 3. The van der Waals surface area contributed by atoms with E-state index in [1.165, 1.54) is 24.8 Å². The predicted molar refractivity (Wildman–Crippen MR) is 96.0 cm³/mol. The van der Waals surface area contributed by atoms with Gasteiger partial charge in [0.25, 0.3) is 0 Å². The summed E-state index contributed by atoms with van der Waals surface area (Å²) in [7, 11) is 0. The fourth-order valence-corrected chi connectivity index (χ4v) is 3.80. The predicted octanol–water partition coefficient (Wildman–Crippen LogP) is 2.73. The van der Waals surface area contributed by atoms with E-state index in [4.69, 9.17) is 0 Å². The number of likely N-dealkylation sites (tertiary alicyclic amines) is 1. The number of pyridine rings is 1. The number of amides is 1. The van der Waals surface area contributed by atoms with E-state index in [0.29, 0.717) is 13.0 Å². The molecular weight excluding hydrogens is 320 g/mol. The summed E-state index contributed by atoms with van der Waals surface area (Å²) >= 11 is 1.58. The van der Waals surface area contributed by atoms with Crippen molar-refractivity contribution in [2.45, 2.75) is 38.6 Å². The van der Waals surface area contributed by atoms with Gasteiger partial charge >= 0.3 is 0 Å². The minimum Gasteiger partial charge on any atom is -0.354 e. The quantitative estimate of drug-likeness (QED) is 0.875. The van der Waals surface area contributed by atoms with Gasteiger partial charge in [-0.3, -0.25) is 14.7 Å². The number of carbonyl (C=O) groups is 1. The highest BCUT2D eigenvalue weighted by molar-refractivity contribution is 7.09. The van der Waals surface area contributed by atoms with E-state index in [2.05, 4.69) is 26.3 Å². The lowest BCUT2D eigenvalue weighted by molar-refractivity contribution is -0.120. The van der Waals surface area contributed by atoms with Gasteiger partial charge in [-0.05, 0) is 44.5 Å². The standard InChI is InChI=1S/C18H24N4OS/c1-14-21-16(13-24-14)10-18(23)20-12-17(15-6-5-7-19-11-15)22-8-3-2-4-9-22/h5-7,11,13,17H,2-4,8-10,12H2,1H3,(H,20,23). The summed E-state index contributed by atoms with van der Waals surface area (Å²) in [5.74, 6) is 0.0335. The molecule has 2 aromatic rings. The lowest BCUT2D eigenvalue weighted by Crippen LogP contribution is -2.41. The maximum absolute atomic E-state index is 12.3. The normalized spacial score (nSPS) is 16.7. The molecule has 0 saturated carbocycles. The molecule has 3 heterocycles. The third kappa shape index (κ3) is 4.61. The van der Waals surface area contributed by atoms with E-state index in [-0.39, 0.29) is 11.9 Å². The van der Waals surface area contributed by atoms with Crippen molar-refractivity contribution < 1.29 is 4.79 Å². The van der Waals surface area contributed by atoms with Crippen molar-refractivity contribution in [3.05, 3.63) is 46.2 Å². The lowest BCUT2D eigenvalue weighted by Gasteiger charge is -2.34. The largest absolute Gasteiger partial charge is 0.354 e. The average molecular weight is 344 g/mol. The number of thiazole rings is 1. The molecule has 1 aliphatic rings. The third-order valence-electron chi connectivity index (χ3n) is 4.40. The molecule has 0 bridgehead atoms. The first kappa shape index (κ1) is 17.0. The molecule has 1 saturated heterocycles. The van der Waals surface area contributed by atoms with Crippen LogP contribution < -0.4 is 5.32 Å². The fourth-order valence-electron chi connectivity index (χ4n) is 3.19. The Morgan fingerprint density at radius 2 is 2.21 bits per heavy atom. The van der Waals surface area contributed by atoms with Gasteiger partial charge in [-0.2, -0.15) is 0 Å². The molecule has 0 radical (unpaired) electrons. The topological polar surface area (TPSA) is 58.1 Å². The van der Waals surface area contributed by atoms with Crippen molar-refractivity contribution in [3.63, 3.8) is 0 Å². The Morgan fingerprint density at radius 3 is 2.88 bits per heavy atom. The average Bonchev–Trinajstić information content (AvgIpc) is 3.02. The fraction of sp³-hybridized carbons (Fsp3) is 0.500. The number of rotatable bonds is 6. The Morgan fingerprint density at radius 1 is 1.38 bits per heavy atom. The van der Waals surface area contributed by atoms with Crippen LogP contribution in [0.1, 0.15) is 41.6 Å². The van der Waals surface area contributed by atoms with Crippen LogP contribution in [-0.4, -0.2) is 40.4 Å². The number of carbonyl (C=O) groups excluding carboxylic acids is 1. The molecule has 1 amide bonds. The van der Waals surface area contributed by atoms with Crippen LogP contribution in [0.3, 0.4) is 0 Å². The summed E-state index contributed by atoms with van der Waals surface area (Å²) in [6, 6.07) is 4.26. The molecule has 0 aliphatic carbocycles. The molecule has 1 N–H and O–H groups in total. The van der Waals surface area contributed by atoms with Crippen molar-refractivity contribution in [1.29, 1.82) is 0 Å². The van der Waals surface area contributed by atoms with Gasteiger partial charge in [-0.15, -0.1) is 11.3 Å². The Balaban J connectivity index is 1.62. The van der Waals surface area contributed by atoms with Crippen molar-refractivity contribution in [3.8, 4) is 0 Å². The third-order valence-corrected chi connectivity index (χ3v) is 5.22. The highest BCUT2D eigenvalue weighted by atomic mass is 32.1. The van der Waals surface area contributed by atoms with E-state index in [1.54, 1.807) is 17.5 Å². The van der Waals surface area contributed by atoms with Gasteiger partial charge in [-0.25, -0.2) is 4.98 Å². The van der Waals surface area contributed by atoms with Crippen LogP contribution in [0.15, 0.2) is 29.9 Å². The van der Waals surface area contributed by atoms with Gasteiger partial charge in [-0.1, -0.05) is 12.5 Å². The Labute approximate surface area is 147 Å². The zero-order valence-corrected chi connectivity index (χ0v) is 14.9. The molecule has 3 rings (SSSR count). The first-order valence-electron chi connectivity index (χ1n) is 8.54. The van der Waals surface area contributed by atoms with Gasteiger partial charge < -0.3 is 5.32 Å². The number of piperidine rings is 1. The smallest absolute Gasteiger partial charge is 0.226 e. The van der Waals surface area contributed by atoms with Crippen LogP contribution >= 0.6 is 11.3 Å². The molecule has 1 fully saturated rings. The first-order valence-corrected chi connectivity index (χ1v) is 9.42. The SMILES string of the molecule is Cc1nc(CC(=O)NCC(c2cccnc2)N2CCCCC2)cs1. The number of hydrogen-bond donors (Lipinski definition) is 1. The van der Waals surface area contributed by atoms with Crippen LogP contribution in [0.25, 0.3) is 0 Å². The second-order valence-electron chi connectivity index (χ2n) is 6.24. The number of aryl methyl sites for hydroxylation is 1. The van der Waals surface area contributed by atoms with Crippen molar-refractivity contribution >= 4 is 17.2 Å². The maximum atomic E-state index is 12.3. The molecule has 24 heavy (non-hydrogen) atoms. The highest BCUT2D eigenvalue weighted by Gasteiger charge is 2.23. The zero-order valence-electron chi connectivity index (χ0n) is 14.1. The molecule has 1 atom stereocenters. The van der Waals surface area contributed by atoms with Gasteiger partial charge in [0.2, 0.25) is 5.91 Å². The summed E-state index contributed by atoms with van der Waals surface area (Å²) in [5.41, 5.74) is 2.02. The zero-order chi connectivity index (χ0) is 16.8. The van der Waals surface area contributed by atoms with E-state index in [0.717, 1.165) is 23.8 Å². The van der Waals surface area contributed by atoms with E-state index in [9.17, 15) is 4.79 Å². The molecular formula is C18H24N4OS. The number of hydrogen-bond acceptors (Lipinski definition) is 5. The summed E-state index contributed by atoms with van der Waals surface area (Å²) in [4.78, 5) is 23.3. The second-order valence-corrected chi connectivity index (χ2v) is 7.30. The Bertz CT molecular complexity index is 652. The van der Waals surface area contributed by atoms with E-state index < -0.39 is 0 Å². The van der Waals surface area contributed by atoms with Gasteiger partial charge in [0.15, 0.2) is 0 Å². The Hall–Kier alpha value is -1.79. The van der Waals surface area contributed by atoms with Crippen LogP contribution in [0.4, 0.5) is 0 Å². The van der Waals surface area contributed by atoms with Gasteiger partial charge in [0, 0.05) is 24.3 Å². The minimum atomic E-state index is 0.0335. The van der Waals surface area contributed by atoms with Crippen molar-refractivity contribution in [1.82, 2.24) is 20.2 Å². The Kier molecular flexibility index (Phi) is 5.93. The summed E-state index contributed by atoms with van der Waals surface area (Å²) in [5, 5.41) is 6.05. The maximum Gasteiger partial charge on any atom is 0.226 e. The first-order chi connectivity index (χ1) is 11.7. The molecule has 1 aliphatic heterocycles. The van der Waals surface area contributed by atoms with E-state index >= 15 is 0 Å². The lowest BCUT2D eigenvalue weighted by atomic mass is 10.0. The second kappa shape index (κ2) is 8.35. The van der Waals surface area contributed by atoms with Crippen molar-refractivity contribution in [2.75, 3.05) is 19.6 Å². The number of nitrogens with one attached hydrogen (secondary N) is 1. The molecule has 0 aromatic carbocycles. The van der Waals surface area contributed by atoms with Crippen molar-refractivity contribution in [2.24, 2.45) is 0 Å².